The third kappa shape index (κ3) is 4.83. The van der Waals surface area contributed by atoms with Crippen LogP contribution in [0.25, 0.3) is 0 Å². The normalized spacial score (nSPS) is 13.9. The molecule has 2 aromatic rings. The van der Waals surface area contributed by atoms with Crippen LogP contribution in [0.15, 0.2) is 18.2 Å². The summed E-state index contributed by atoms with van der Waals surface area (Å²) >= 11 is 15.2. The molecule has 0 radical (unpaired) electrons. The van der Waals surface area contributed by atoms with Gasteiger partial charge in [-0.3, -0.25) is 4.79 Å². The Hall–Kier alpha value is -1.25. The molecule has 0 aliphatic carbocycles. The second kappa shape index (κ2) is 9.50. The minimum Gasteiger partial charge on any atom is -0.465 e. The molecule has 0 saturated carbocycles. The average Bonchev–Trinajstić information content (AvgIpc) is 3.00. The highest BCUT2D eigenvalue weighted by atomic mass is 35.5. The second-order valence-electron chi connectivity index (χ2n) is 6.43. The third-order valence-electron chi connectivity index (χ3n) is 4.43. The molecule has 1 aliphatic rings. The number of thioether (sulfide) groups is 1. The van der Waals surface area contributed by atoms with Gasteiger partial charge in [0, 0.05) is 33.8 Å². The van der Waals surface area contributed by atoms with Crippen molar-refractivity contribution in [2.45, 2.75) is 18.7 Å². The highest BCUT2D eigenvalue weighted by molar-refractivity contribution is 7.99. The first-order valence-electron chi connectivity index (χ1n) is 8.62. The molecule has 0 fully saturated rings. The molecule has 0 bridgehead atoms. The van der Waals surface area contributed by atoms with Crippen molar-refractivity contribution in [3.63, 3.8) is 0 Å². The Bertz CT molecular complexity index is 881. The van der Waals surface area contributed by atoms with Crippen LogP contribution in [0.2, 0.25) is 10.0 Å². The van der Waals surface area contributed by atoms with Crippen LogP contribution in [-0.2, 0) is 28.2 Å². The lowest BCUT2D eigenvalue weighted by Crippen LogP contribution is -2.26. The molecule has 1 aromatic carbocycles. The van der Waals surface area contributed by atoms with Gasteiger partial charge in [0.15, 0.2) is 0 Å². The number of methoxy groups -OCH3 is 1. The number of benzene rings is 1. The minimum absolute atomic E-state index is 0.176. The van der Waals surface area contributed by atoms with E-state index in [-0.39, 0.29) is 11.7 Å². The van der Waals surface area contributed by atoms with Crippen molar-refractivity contribution in [2.24, 2.45) is 0 Å². The van der Waals surface area contributed by atoms with Gasteiger partial charge >= 0.3 is 5.97 Å². The summed E-state index contributed by atoms with van der Waals surface area (Å²) in [6, 6.07) is 5.34. The number of amides is 1. The first kappa shape index (κ1) is 21.5. The lowest BCUT2D eigenvalue weighted by atomic mass is 10.0. The fourth-order valence-corrected chi connectivity index (χ4v) is 5.91. The maximum Gasteiger partial charge on any atom is 0.341 e. The van der Waals surface area contributed by atoms with Crippen molar-refractivity contribution >= 4 is 63.2 Å². The summed E-state index contributed by atoms with van der Waals surface area (Å²) < 4.78 is 4.94. The Morgan fingerprint density at radius 1 is 1.32 bits per heavy atom. The maximum atomic E-state index is 12.5. The highest BCUT2D eigenvalue weighted by Gasteiger charge is 2.28. The lowest BCUT2D eigenvalue weighted by molar-refractivity contribution is -0.113. The van der Waals surface area contributed by atoms with Gasteiger partial charge in [-0.1, -0.05) is 29.3 Å². The predicted octanol–water partition coefficient (Wildman–Crippen LogP) is 4.70. The van der Waals surface area contributed by atoms with Crippen molar-refractivity contribution in [3.8, 4) is 0 Å². The number of thiophene rings is 1. The zero-order valence-corrected chi connectivity index (χ0v) is 18.7. The molecule has 0 unspecified atom stereocenters. The predicted molar refractivity (Wildman–Crippen MR) is 117 cm³/mol. The number of nitrogens with zero attached hydrogens (tertiary/aromatic N) is 1. The van der Waals surface area contributed by atoms with Gasteiger partial charge < -0.3 is 15.0 Å². The molecular weight excluding hydrogens is 439 g/mol. The Balaban J connectivity index is 1.67. The van der Waals surface area contributed by atoms with E-state index in [4.69, 9.17) is 27.9 Å². The number of carbonyl (C=O) groups is 2. The summed E-state index contributed by atoms with van der Waals surface area (Å²) in [6.07, 6.45) is 0.766. The van der Waals surface area contributed by atoms with E-state index in [0.29, 0.717) is 26.4 Å². The molecule has 28 heavy (non-hydrogen) atoms. The SMILES string of the molecule is COC(=O)c1c(NC(=O)CSCc2c(Cl)cccc2Cl)sc2c1CCN(C)C2. The molecule has 150 valence electrons. The number of carbonyl (C=O) groups excluding carboxylic acids is 2. The monoisotopic (exact) mass is 458 g/mol. The van der Waals surface area contributed by atoms with Crippen LogP contribution in [0, 0.1) is 0 Å². The van der Waals surface area contributed by atoms with E-state index in [1.54, 1.807) is 18.2 Å². The number of hydrogen-bond donors (Lipinski definition) is 1. The summed E-state index contributed by atoms with van der Waals surface area (Å²) in [7, 11) is 3.39. The van der Waals surface area contributed by atoms with E-state index in [1.165, 1.54) is 30.2 Å². The molecule has 1 aliphatic heterocycles. The summed E-state index contributed by atoms with van der Waals surface area (Å²) in [5.41, 5.74) is 2.29. The first-order valence-corrected chi connectivity index (χ1v) is 11.3. The van der Waals surface area contributed by atoms with Gasteiger partial charge in [0.25, 0.3) is 0 Å². The number of nitrogens with one attached hydrogen (secondary N) is 1. The molecule has 5 nitrogen and oxygen atoms in total. The van der Waals surface area contributed by atoms with E-state index in [1.807, 2.05) is 7.05 Å². The molecule has 1 aromatic heterocycles. The Kier molecular flexibility index (Phi) is 7.28. The fourth-order valence-electron chi connectivity index (χ4n) is 3.02. The van der Waals surface area contributed by atoms with E-state index < -0.39 is 5.97 Å². The van der Waals surface area contributed by atoms with Crippen molar-refractivity contribution in [3.05, 3.63) is 49.8 Å². The van der Waals surface area contributed by atoms with Crippen molar-refractivity contribution in [1.82, 2.24) is 4.90 Å². The fraction of sp³-hybridized carbons (Fsp3) is 0.368. The summed E-state index contributed by atoms with van der Waals surface area (Å²) in [5.74, 6) is 0.171. The number of likely N-dealkylation sites (N-methyl/N-ethyl adjacent to an activating group) is 1. The van der Waals surface area contributed by atoms with Gasteiger partial charge in [0.05, 0.1) is 18.4 Å². The number of anilines is 1. The smallest absolute Gasteiger partial charge is 0.341 e. The number of fused-ring (bicyclic) bond motifs is 1. The van der Waals surface area contributed by atoms with Crippen LogP contribution in [0.1, 0.15) is 26.4 Å². The Morgan fingerprint density at radius 2 is 2.04 bits per heavy atom. The van der Waals surface area contributed by atoms with Gasteiger partial charge in [0.1, 0.15) is 5.00 Å². The number of hydrogen-bond acceptors (Lipinski definition) is 6. The van der Waals surface area contributed by atoms with Crippen molar-refractivity contribution < 1.29 is 14.3 Å². The standard InChI is InChI=1S/C19H20Cl2N2O3S2/c1-23-7-6-11-15(8-23)28-18(17(11)19(25)26-2)22-16(24)10-27-9-12-13(20)4-3-5-14(12)21/h3-5H,6-10H2,1-2H3,(H,22,24). The van der Waals surface area contributed by atoms with Crippen LogP contribution < -0.4 is 5.32 Å². The van der Waals surface area contributed by atoms with E-state index >= 15 is 0 Å². The van der Waals surface area contributed by atoms with Gasteiger partial charge in [-0.05, 0) is 36.7 Å². The molecule has 0 atom stereocenters. The molecule has 1 amide bonds. The quantitative estimate of drug-likeness (QED) is 0.635. The van der Waals surface area contributed by atoms with Crippen molar-refractivity contribution in [2.75, 3.05) is 31.8 Å². The average molecular weight is 459 g/mol. The van der Waals surface area contributed by atoms with Gasteiger partial charge in [0.2, 0.25) is 5.91 Å². The Labute approximate surface area is 182 Å². The number of rotatable bonds is 6. The zero-order chi connectivity index (χ0) is 20.3. The van der Waals surface area contributed by atoms with Crippen LogP contribution in [0.5, 0.6) is 0 Å². The Morgan fingerprint density at radius 3 is 2.71 bits per heavy atom. The van der Waals surface area contributed by atoms with Crippen molar-refractivity contribution in [1.29, 1.82) is 0 Å². The van der Waals surface area contributed by atoms with E-state index in [2.05, 4.69) is 10.2 Å². The summed E-state index contributed by atoms with van der Waals surface area (Å²) in [6.45, 7) is 1.63. The largest absolute Gasteiger partial charge is 0.465 e. The van der Waals surface area contributed by atoms with E-state index in [0.717, 1.165) is 35.5 Å². The molecule has 9 heteroatoms. The van der Waals surface area contributed by atoms with Gasteiger partial charge in [-0.15, -0.1) is 23.1 Å². The zero-order valence-electron chi connectivity index (χ0n) is 15.5. The van der Waals surface area contributed by atoms with E-state index in [9.17, 15) is 9.59 Å². The third-order valence-corrected chi connectivity index (χ3v) is 7.23. The number of esters is 1. The molecule has 0 saturated heterocycles. The highest BCUT2D eigenvalue weighted by Crippen LogP contribution is 2.37. The molecule has 3 rings (SSSR count). The minimum atomic E-state index is -0.409. The number of halogens is 2. The topological polar surface area (TPSA) is 58.6 Å². The molecular formula is C19H20Cl2N2O3S2. The first-order chi connectivity index (χ1) is 13.4. The molecule has 2 heterocycles. The lowest BCUT2D eigenvalue weighted by Gasteiger charge is -2.22. The molecule has 0 spiro atoms. The molecule has 1 N–H and O–H groups in total. The van der Waals surface area contributed by atoms with Crippen LogP contribution in [-0.4, -0.2) is 43.2 Å². The second-order valence-corrected chi connectivity index (χ2v) is 9.33. The van der Waals surface area contributed by atoms with Crippen LogP contribution in [0.3, 0.4) is 0 Å². The van der Waals surface area contributed by atoms with Gasteiger partial charge in [-0.25, -0.2) is 4.79 Å². The maximum absolute atomic E-state index is 12.5. The number of ether oxygens (including phenoxy) is 1. The summed E-state index contributed by atoms with van der Waals surface area (Å²) in [5, 5.41) is 4.62. The summed E-state index contributed by atoms with van der Waals surface area (Å²) in [4.78, 5) is 28.0. The van der Waals surface area contributed by atoms with Crippen LogP contribution >= 0.6 is 46.3 Å². The van der Waals surface area contributed by atoms with Crippen LogP contribution in [0.4, 0.5) is 5.00 Å². The van der Waals surface area contributed by atoms with Gasteiger partial charge in [-0.2, -0.15) is 0 Å².